The Kier molecular flexibility index (Phi) is 3.08. The lowest BCUT2D eigenvalue weighted by Crippen LogP contribution is -2.26. The minimum atomic E-state index is 0.164. The SMILES string of the molecule is CC1(C)CC1C(=O)NCc1cc(Br)cc2c1OCC2. The second kappa shape index (κ2) is 4.51. The number of nitrogens with one attached hydrogen (secondary N) is 1. The van der Waals surface area contributed by atoms with Crippen LogP contribution >= 0.6 is 15.9 Å². The van der Waals surface area contributed by atoms with Gasteiger partial charge in [-0.3, -0.25) is 4.79 Å². The van der Waals surface area contributed by atoms with Crippen LogP contribution in [0.4, 0.5) is 0 Å². The summed E-state index contributed by atoms with van der Waals surface area (Å²) in [4.78, 5) is 12.0. The summed E-state index contributed by atoms with van der Waals surface area (Å²) < 4.78 is 6.71. The van der Waals surface area contributed by atoms with Crippen molar-refractivity contribution >= 4 is 21.8 Å². The van der Waals surface area contributed by atoms with Gasteiger partial charge in [-0.05, 0) is 29.5 Å². The molecule has 2 aliphatic rings. The van der Waals surface area contributed by atoms with Gasteiger partial charge in [-0.25, -0.2) is 0 Å². The topological polar surface area (TPSA) is 38.3 Å². The van der Waals surface area contributed by atoms with Gasteiger partial charge >= 0.3 is 0 Å². The summed E-state index contributed by atoms with van der Waals surface area (Å²) in [6.07, 6.45) is 1.94. The van der Waals surface area contributed by atoms with Crippen LogP contribution in [0, 0.1) is 11.3 Å². The van der Waals surface area contributed by atoms with Gasteiger partial charge in [0.15, 0.2) is 0 Å². The van der Waals surface area contributed by atoms with Crippen LogP contribution in [0.3, 0.4) is 0 Å². The highest BCUT2D eigenvalue weighted by Gasteiger charge is 2.50. The number of amides is 1. The van der Waals surface area contributed by atoms with E-state index in [1.54, 1.807) is 0 Å². The van der Waals surface area contributed by atoms with E-state index >= 15 is 0 Å². The van der Waals surface area contributed by atoms with Gasteiger partial charge in [-0.2, -0.15) is 0 Å². The maximum Gasteiger partial charge on any atom is 0.223 e. The van der Waals surface area contributed by atoms with Crippen molar-refractivity contribution in [3.05, 3.63) is 27.7 Å². The molecule has 3 nitrogen and oxygen atoms in total. The van der Waals surface area contributed by atoms with Crippen molar-refractivity contribution in [2.24, 2.45) is 11.3 Å². The Morgan fingerprint density at radius 3 is 2.95 bits per heavy atom. The predicted molar refractivity (Wildman–Crippen MR) is 77.1 cm³/mol. The summed E-state index contributed by atoms with van der Waals surface area (Å²) in [6, 6.07) is 4.13. The van der Waals surface area contributed by atoms with E-state index in [-0.39, 0.29) is 17.2 Å². The number of benzene rings is 1. The van der Waals surface area contributed by atoms with Crippen LogP contribution in [0.5, 0.6) is 5.75 Å². The van der Waals surface area contributed by atoms with Crippen LogP contribution in [0.2, 0.25) is 0 Å². The van der Waals surface area contributed by atoms with Crippen LogP contribution < -0.4 is 10.1 Å². The summed E-state index contributed by atoms with van der Waals surface area (Å²) in [5, 5.41) is 3.03. The molecule has 1 aromatic rings. The molecule has 4 heteroatoms. The number of hydrogen-bond acceptors (Lipinski definition) is 2. The van der Waals surface area contributed by atoms with E-state index < -0.39 is 0 Å². The third-order valence-corrected chi connectivity index (χ3v) is 4.57. The Balaban J connectivity index is 1.69. The quantitative estimate of drug-likeness (QED) is 0.928. The summed E-state index contributed by atoms with van der Waals surface area (Å²) in [5.74, 6) is 1.30. The van der Waals surface area contributed by atoms with Crippen LogP contribution in [-0.2, 0) is 17.8 Å². The Morgan fingerprint density at radius 2 is 2.26 bits per heavy atom. The fraction of sp³-hybridized carbons (Fsp3) is 0.533. The van der Waals surface area contributed by atoms with Gasteiger partial charge in [0, 0.05) is 28.9 Å². The van der Waals surface area contributed by atoms with E-state index in [0.717, 1.165) is 35.2 Å². The van der Waals surface area contributed by atoms with Crippen molar-refractivity contribution in [3.63, 3.8) is 0 Å². The van der Waals surface area contributed by atoms with Gasteiger partial charge in [-0.15, -0.1) is 0 Å². The molecule has 1 aliphatic heterocycles. The molecule has 1 saturated carbocycles. The number of ether oxygens (including phenoxy) is 1. The largest absolute Gasteiger partial charge is 0.493 e. The van der Waals surface area contributed by atoms with Gasteiger partial charge in [0.2, 0.25) is 5.91 Å². The number of fused-ring (bicyclic) bond motifs is 1. The average molecular weight is 324 g/mol. The van der Waals surface area contributed by atoms with Crippen molar-refractivity contribution in [2.45, 2.75) is 33.2 Å². The molecule has 1 unspecified atom stereocenters. The Hall–Kier alpha value is -1.03. The number of halogens is 1. The van der Waals surface area contributed by atoms with Crippen LogP contribution in [0.25, 0.3) is 0 Å². The standard InChI is InChI=1S/C15H18BrNO2/c1-15(2)7-12(15)14(18)17-8-10-6-11(16)5-9-3-4-19-13(9)10/h5-6,12H,3-4,7-8H2,1-2H3,(H,17,18). The molecule has 19 heavy (non-hydrogen) atoms. The molecule has 1 fully saturated rings. The van der Waals surface area contributed by atoms with Crippen molar-refractivity contribution in [3.8, 4) is 5.75 Å². The maximum absolute atomic E-state index is 12.0. The molecule has 1 aromatic carbocycles. The second-order valence-electron chi connectivity index (χ2n) is 6.11. The Bertz CT molecular complexity index is 539. The molecule has 1 atom stereocenters. The third-order valence-electron chi connectivity index (χ3n) is 4.11. The van der Waals surface area contributed by atoms with Crippen molar-refractivity contribution < 1.29 is 9.53 Å². The molecular formula is C15H18BrNO2. The summed E-state index contributed by atoms with van der Waals surface area (Å²) in [5.41, 5.74) is 2.47. The van der Waals surface area contributed by atoms with Crippen molar-refractivity contribution in [1.29, 1.82) is 0 Å². The van der Waals surface area contributed by atoms with E-state index in [4.69, 9.17) is 4.74 Å². The third kappa shape index (κ3) is 2.50. The molecule has 1 aliphatic carbocycles. The van der Waals surface area contributed by atoms with Crippen molar-refractivity contribution in [1.82, 2.24) is 5.32 Å². The van der Waals surface area contributed by atoms with Crippen LogP contribution in [-0.4, -0.2) is 12.5 Å². The molecule has 0 radical (unpaired) electrons. The Morgan fingerprint density at radius 1 is 1.53 bits per heavy atom. The molecule has 102 valence electrons. The van der Waals surface area contributed by atoms with E-state index in [9.17, 15) is 4.79 Å². The van der Waals surface area contributed by atoms with E-state index in [1.807, 2.05) is 6.07 Å². The van der Waals surface area contributed by atoms with Gasteiger partial charge in [-0.1, -0.05) is 29.8 Å². The number of carbonyl (C=O) groups excluding carboxylic acids is 1. The van der Waals surface area contributed by atoms with E-state index in [1.165, 1.54) is 5.56 Å². The highest BCUT2D eigenvalue weighted by atomic mass is 79.9. The average Bonchev–Trinajstić information content (AvgIpc) is 2.77. The van der Waals surface area contributed by atoms with Gasteiger partial charge in [0.25, 0.3) is 0 Å². The number of carbonyl (C=O) groups is 1. The lowest BCUT2D eigenvalue weighted by atomic mass is 10.1. The first-order valence-corrected chi connectivity index (χ1v) is 7.48. The molecule has 0 aromatic heterocycles. The normalized spacial score (nSPS) is 22.6. The zero-order valence-corrected chi connectivity index (χ0v) is 12.8. The lowest BCUT2D eigenvalue weighted by molar-refractivity contribution is -0.123. The Labute approximate surface area is 121 Å². The van der Waals surface area contributed by atoms with Gasteiger partial charge < -0.3 is 10.1 Å². The predicted octanol–water partition coefficient (Wildman–Crippen LogP) is 3.05. The first-order chi connectivity index (χ1) is 8.97. The van der Waals surface area contributed by atoms with Gasteiger partial charge in [0.1, 0.15) is 5.75 Å². The summed E-state index contributed by atoms with van der Waals surface area (Å²) in [6.45, 7) is 5.56. The first-order valence-electron chi connectivity index (χ1n) is 6.69. The molecule has 3 rings (SSSR count). The summed E-state index contributed by atoms with van der Waals surface area (Å²) in [7, 11) is 0. The lowest BCUT2D eigenvalue weighted by Gasteiger charge is -2.11. The highest BCUT2D eigenvalue weighted by Crippen LogP contribution is 2.51. The first kappa shape index (κ1) is 13.0. The second-order valence-corrected chi connectivity index (χ2v) is 7.03. The van der Waals surface area contributed by atoms with Crippen LogP contribution in [0.1, 0.15) is 31.4 Å². The minimum absolute atomic E-state index is 0.164. The maximum atomic E-state index is 12.0. The highest BCUT2D eigenvalue weighted by molar-refractivity contribution is 9.10. The molecule has 1 heterocycles. The monoisotopic (exact) mass is 323 g/mol. The fourth-order valence-corrected chi connectivity index (χ4v) is 3.25. The molecule has 0 saturated heterocycles. The molecule has 1 N–H and O–H groups in total. The zero-order chi connectivity index (χ0) is 13.6. The van der Waals surface area contributed by atoms with Gasteiger partial charge in [0.05, 0.1) is 6.61 Å². The zero-order valence-electron chi connectivity index (χ0n) is 11.3. The number of rotatable bonds is 3. The minimum Gasteiger partial charge on any atom is -0.493 e. The molecule has 0 spiro atoms. The van der Waals surface area contributed by atoms with Crippen LogP contribution in [0.15, 0.2) is 16.6 Å². The smallest absolute Gasteiger partial charge is 0.223 e. The molecule has 0 bridgehead atoms. The van der Waals surface area contributed by atoms with Crippen molar-refractivity contribution in [2.75, 3.05) is 6.61 Å². The molecular weight excluding hydrogens is 306 g/mol. The fourth-order valence-electron chi connectivity index (χ4n) is 2.70. The van der Waals surface area contributed by atoms with E-state index in [2.05, 4.69) is 41.2 Å². The summed E-state index contributed by atoms with van der Waals surface area (Å²) >= 11 is 3.51. The molecule has 1 amide bonds. The number of hydrogen-bond donors (Lipinski definition) is 1. The van der Waals surface area contributed by atoms with E-state index in [0.29, 0.717) is 6.54 Å².